The molecular weight excluding hydrogens is 494 g/mol. The highest BCUT2D eigenvalue weighted by atomic mass is 16.1. The van der Waals surface area contributed by atoms with Crippen molar-refractivity contribution in [2.24, 2.45) is 5.92 Å². The summed E-state index contributed by atoms with van der Waals surface area (Å²) >= 11 is 0. The summed E-state index contributed by atoms with van der Waals surface area (Å²) in [4.78, 5) is 28.8. The quantitative estimate of drug-likeness (QED) is 0.0926. The lowest BCUT2D eigenvalue weighted by atomic mass is 9.91. The summed E-state index contributed by atoms with van der Waals surface area (Å²) in [6, 6.07) is 0. The van der Waals surface area contributed by atoms with Gasteiger partial charge in [-0.15, -0.1) is 0 Å². The van der Waals surface area contributed by atoms with Gasteiger partial charge in [0.1, 0.15) is 5.78 Å². The molecule has 40 heavy (non-hydrogen) atoms. The van der Waals surface area contributed by atoms with Gasteiger partial charge < -0.3 is 19.9 Å². The van der Waals surface area contributed by atoms with Crippen LogP contribution >= 0.6 is 0 Å². The zero-order chi connectivity index (χ0) is 29.1. The summed E-state index contributed by atoms with van der Waals surface area (Å²) < 4.78 is 0. The molecule has 0 spiro atoms. The minimum Gasteiger partial charge on any atom is -0.356 e. The van der Waals surface area contributed by atoms with Gasteiger partial charge in [0.05, 0.1) is 0 Å². The number of nitrogens with zero attached hydrogens (tertiary/aromatic N) is 2. The summed E-state index contributed by atoms with van der Waals surface area (Å²) in [5.74, 6) is 1.44. The van der Waals surface area contributed by atoms with E-state index in [-0.39, 0.29) is 5.91 Å². The molecule has 236 valence electrons. The number of likely N-dealkylation sites (tertiary alicyclic amines) is 1. The van der Waals surface area contributed by atoms with Gasteiger partial charge in [-0.2, -0.15) is 0 Å². The molecule has 0 radical (unpaired) electrons. The molecular formula is C35H69N3O2. The van der Waals surface area contributed by atoms with Gasteiger partial charge >= 0.3 is 0 Å². The van der Waals surface area contributed by atoms with Crippen molar-refractivity contribution in [1.29, 1.82) is 0 Å². The highest BCUT2D eigenvalue weighted by Crippen LogP contribution is 2.22. The highest BCUT2D eigenvalue weighted by molar-refractivity contribution is 5.75. The number of amides is 1. The topological polar surface area (TPSA) is 52.7 Å². The second-order valence-electron chi connectivity index (χ2n) is 12.8. The lowest BCUT2D eigenvalue weighted by Gasteiger charge is -2.25. The standard InChI is InChI=1S/C35H69N3O2/c1-4-6-12-22-34(23-13-7-5-2)24-20-26-36-35(40)25-15-9-8-10-16-27-37(28-17-11-14-21-33(3)39)31-32-38-29-18-19-30-38/h34H,4-32H2,1-3H3,(H,36,40). The molecule has 1 aliphatic rings. The number of carbonyl (C=O) groups is 2. The average Bonchev–Trinajstić information content (AvgIpc) is 3.46. The Morgan fingerprint density at radius 1 is 0.675 bits per heavy atom. The number of unbranched alkanes of at least 4 members (excludes halogenated alkanes) is 10. The molecule has 1 rings (SSSR count). The van der Waals surface area contributed by atoms with Gasteiger partial charge in [-0.05, 0) is 90.4 Å². The first-order valence-electron chi connectivity index (χ1n) is 17.8. The van der Waals surface area contributed by atoms with E-state index in [1.165, 1.54) is 148 Å². The maximum Gasteiger partial charge on any atom is 0.219 e. The van der Waals surface area contributed by atoms with Crippen molar-refractivity contribution < 1.29 is 9.59 Å². The molecule has 5 nitrogen and oxygen atoms in total. The third-order valence-corrected chi connectivity index (χ3v) is 8.86. The molecule has 0 aromatic rings. The largest absolute Gasteiger partial charge is 0.356 e. The molecule has 0 aromatic carbocycles. The zero-order valence-corrected chi connectivity index (χ0v) is 27.3. The van der Waals surface area contributed by atoms with Gasteiger partial charge in [0, 0.05) is 32.5 Å². The third kappa shape index (κ3) is 22.7. The van der Waals surface area contributed by atoms with Crippen molar-refractivity contribution in [2.75, 3.05) is 45.8 Å². The number of ketones is 1. The Hall–Kier alpha value is -0.940. The number of hydrogen-bond donors (Lipinski definition) is 1. The van der Waals surface area contributed by atoms with Crippen LogP contribution in [0.25, 0.3) is 0 Å². The maximum atomic E-state index is 12.3. The van der Waals surface area contributed by atoms with Gasteiger partial charge in [-0.25, -0.2) is 0 Å². The molecule has 5 heteroatoms. The van der Waals surface area contributed by atoms with Crippen molar-refractivity contribution in [1.82, 2.24) is 15.1 Å². The first-order valence-corrected chi connectivity index (χ1v) is 17.8. The molecule has 0 aliphatic carbocycles. The third-order valence-electron chi connectivity index (χ3n) is 8.86. The number of rotatable bonds is 29. The normalized spacial score (nSPS) is 14.0. The first-order chi connectivity index (χ1) is 19.5. The number of Topliss-reactive ketones (excluding diaryl/α,β-unsaturated/α-hetero) is 1. The molecule has 1 aliphatic heterocycles. The summed E-state index contributed by atoms with van der Waals surface area (Å²) in [6.07, 6.45) is 26.8. The first kappa shape index (κ1) is 37.1. The Kier molecular flexibility index (Phi) is 25.0. The van der Waals surface area contributed by atoms with Crippen LogP contribution in [0.5, 0.6) is 0 Å². The van der Waals surface area contributed by atoms with Gasteiger partial charge in [-0.1, -0.05) is 90.9 Å². The fourth-order valence-corrected chi connectivity index (χ4v) is 6.17. The van der Waals surface area contributed by atoms with Crippen LogP contribution in [-0.4, -0.2) is 67.3 Å². The summed E-state index contributed by atoms with van der Waals surface area (Å²) in [6.45, 7) is 14.5. The van der Waals surface area contributed by atoms with E-state index in [1.54, 1.807) is 6.92 Å². The second-order valence-corrected chi connectivity index (χ2v) is 12.8. The monoisotopic (exact) mass is 564 g/mol. The molecule has 0 atom stereocenters. The number of nitrogens with one attached hydrogen (secondary N) is 1. The Bertz CT molecular complexity index is 581. The number of carbonyl (C=O) groups excluding carboxylic acids is 2. The second kappa shape index (κ2) is 26.9. The molecule has 0 saturated carbocycles. The maximum absolute atomic E-state index is 12.3. The van der Waals surface area contributed by atoms with Crippen LogP contribution in [0.4, 0.5) is 0 Å². The molecule has 1 N–H and O–H groups in total. The average molecular weight is 564 g/mol. The smallest absolute Gasteiger partial charge is 0.219 e. The van der Waals surface area contributed by atoms with E-state index >= 15 is 0 Å². The van der Waals surface area contributed by atoms with Gasteiger partial charge in [0.2, 0.25) is 5.91 Å². The van der Waals surface area contributed by atoms with Crippen LogP contribution in [0.15, 0.2) is 0 Å². The minimum atomic E-state index is 0.256. The van der Waals surface area contributed by atoms with E-state index in [4.69, 9.17) is 0 Å². The molecule has 0 aromatic heterocycles. The van der Waals surface area contributed by atoms with Crippen molar-refractivity contribution in [3.05, 3.63) is 0 Å². The molecule has 0 unspecified atom stereocenters. The summed E-state index contributed by atoms with van der Waals surface area (Å²) in [5, 5.41) is 3.19. The van der Waals surface area contributed by atoms with Crippen LogP contribution in [-0.2, 0) is 9.59 Å². The van der Waals surface area contributed by atoms with Crippen molar-refractivity contribution in [2.45, 2.75) is 162 Å². The predicted molar refractivity (Wildman–Crippen MR) is 173 cm³/mol. The molecule has 1 heterocycles. The Morgan fingerprint density at radius 3 is 1.85 bits per heavy atom. The van der Waals surface area contributed by atoms with Crippen LogP contribution in [0.3, 0.4) is 0 Å². The highest BCUT2D eigenvalue weighted by Gasteiger charge is 2.13. The molecule has 1 amide bonds. The predicted octanol–water partition coefficient (Wildman–Crippen LogP) is 8.55. The Labute approximate surface area is 250 Å². The molecule has 1 fully saturated rings. The zero-order valence-electron chi connectivity index (χ0n) is 27.3. The minimum absolute atomic E-state index is 0.256. The van der Waals surface area contributed by atoms with Crippen molar-refractivity contribution >= 4 is 11.7 Å². The fraction of sp³-hybridized carbons (Fsp3) is 0.943. The molecule has 0 bridgehead atoms. The van der Waals surface area contributed by atoms with Gasteiger partial charge in [0.25, 0.3) is 0 Å². The van der Waals surface area contributed by atoms with E-state index in [0.29, 0.717) is 12.2 Å². The van der Waals surface area contributed by atoms with Gasteiger partial charge in [-0.3, -0.25) is 4.79 Å². The van der Waals surface area contributed by atoms with E-state index in [1.807, 2.05) is 0 Å². The van der Waals surface area contributed by atoms with Crippen molar-refractivity contribution in [3.8, 4) is 0 Å². The van der Waals surface area contributed by atoms with Gasteiger partial charge in [0.15, 0.2) is 0 Å². The van der Waals surface area contributed by atoms with Crippen LogP contribution in [0.2, 0.25) is 0 Å². The van der Waals surface area contributed by atoms with Crippen LogP contribution in [0.1, 0.15) is 162 Å². The lowest BCUT2D eigenvalue weighted by molar-refractivity contribution is -0.121. The lowest BCUT2D eigenvalue weighted by Crippen LogP contribution is -2.35. The fourth-order valence-electron chi connectivity index (χ4n) is 6.17. The Morgan fingerprint density at radius 2 is 1.23 bits per heavy atom. The van der Waals surface area contributed by atoms with Crippen LogP contribution in [0, 0.1) is 5.92 Å². The number of hydrogen-bond acceptors (Lipinski definition) is 4. The van der Waals surface area contributed by atoms with Crippen LogP contribution < -0.4 is 5.32 Å². The summed E-state index contributed by atoms with van der Waals surface area (Å²) in [5.41, 5.74) is 0. The van der Waals surface area contributed by atoms with E-state index in [9.17, 15) is 9.59 Å². The summed E-state index contributed by atoms with van der Waals surface area (Å²) in [7, 11) is 0. The molecule has 1 saturated heterocycles. The van der Waals surface area contributed by atoms with Crippen molar-refractivity contribution in [3.63, 3.8) is 0 Å². The van der Waals surface area contributed by atoms with E-state index < -0.39 is 0 Å². The van der Waals surface area contributed by atoms with E-state index in [2.05, 4.69) is 29.0 Å². The van der Waals surface area contributed by atoms with E-state index in [0.717, 1.165) is 38.1 Å². The SMILES string of the molecule is CCCCCC(CCCCC)CCCNC(=O)CCCCCCCN(CCCCCC(C)=O)CCN1CCCC1. The Balaban J connectivity index is 2.10.